The molecule has 3 rings (SSSR count). The van der Waals surface area contributed by atoms with Crippen molar-refractivity contribution in [1.29, 1.82) is 0 Å². The fourth-order valence-corrected chi connectivity index (χ4v) is 2.92. The highest BCUT2D eigenvalue weighted by Crippen LogP contribution is 2.21. The maximum atomic E-state index is 4.68. The Morgan fingerprint density at radius 1 is 1.47 bits per heavy atom. The zero-order valence-corrected chi connectivity index (χ0v) is 12.4. The third kappa shape index (κ3) is 3.45. The summed E-state index contributed by atoms with van der Waals surface area (Å²) in [5.41, 5.74) is 2.54. The summed E-state index contributed by atoms with van der Waals surface area (Å²) < 4.78 is 2.23. The molecular formula is C15H21N3S. The van der Waals surface area contributed by atoms with E-state index in [1.165, 1.54) is 29.1 Å². The van der Waals surface area contributed by atoms with Gasteiger partial charge in [-0.3, -0.25) is 0 Å². The first-order chi connectivity index (χ1) is 9.20. The molecule has 102 valence electrons. The van der Waals surface area contributed by atoms with Gasteiger partial charge < -0.3 is 9.88 Å². The molecule has 2 heterocycles. The molecular weight excluding hydrogens is 254 g/mol. The fourth-order valence-electron chi connectivity index (χ4n) is 2.09. The van der Waals surface area contributed by atoms with Crippen molar-refractivity contribution < 1.29 is 0 Å². The van der Waals surface area contributed by atoms with Gasteiger partial charge >= 0.3 is 0 Å². The average molecular weight is 275 g/mol. The first-order valence-corrected chi connectivity index (χ1v) is 7.91. The Kier molecular flexibility index (Phi) is 3.71. The van der Waals surface area contributed by atoms with Crippen molar-refractivity contribution in [1.82, 2.24) is 14.9 Å². The number of aromatic nitrogens is 2. The Hall–Kier alpha value is -1.13. The lowest BCUT2D eigenvalue weighted by Crippen LogP contribution is -2.14. The second-order valence-electron chi connectivity index (χ2n) is 5.68. The van der Waals surface area contributed by atoms with Crippen LogP contribution in [0.15, 0.2) is 23.8 Å². The quantitative estimate of drug-likeness (QED) is 0.876. The van der Waals surface area contributed by atoms with Crippen molar-refractivity contribution in [3.8, 4) is 0 Å². The molecule has 0 unspecified atom stereocenters. The summed E-state index contributed by atoms with van der Waals surface area (Å²) in [6, 6.07) is 2.97. The normalized spacial score (nSPS) is 15.3. The summed E-state index contributed by atoms with van der Waals surface area (Å²) in [4.78, 5) is 4.68. The molecule has 1 N–H and O–H groups in total. The second kappa shape index (κ2) is 5.47. The largest absolute Gasteiger partial charge is 0.348 e. The first kappa shape index (κ1) is 12.9. The predicted molar refractivity (Wildman–Crippen MR) is 79.6 cm³/mol. The van der Waals surface area contributed by atoms with Gasteiger partial charge in [0.05, 0.1) is 17.2 Å². The molecule has 1 saturated carbocycles. The smallest absolute Gasteiger partial charge is 0.0954 e. The van der Waals surface area contributed by atoms with Crippen molar-refractivity contribution in [3.05, 3.63) is 40.1 Å². The summed E-state index contributed by atoms with van der Waals surface area (Å²) in [5, 5.41) is 6.95. The Morgan fingerprint density at radius 3 is 3.00 bits per heavy atom. The van der Waals surface area contributed by atoms with Gasteiger partial charge in [0.2, 0.25) is 0 Å². The maximum Gasteiger partial charge on any atom is 0.0954 e. The van der Waals surface area contributed by atoms with Gasteiger partial charge in [0.1, 0.15) is 0 Å². The molecule has 0 bridgehead atoms. The van der Waals surface area contributed by atoms with Crippen molar-refractivity contribution >= 4 is 11.3 Å². The van der Waals surface area contributed by atoms with E-state index in [4.69, 9.17) is 0 Å². The summed E-state index contributed by atoms with van der Waals surface area (Å²) in [5.74, 6) is 0.529. The molecule has 1 aliphatic carbocycles. The van der Waals surface area contributed by atoms with Crippen LogP contribution in [0.4, 0.5) is 0 Å². The van der Waals surface area contributed by atoms with Crippen molar-refractivity contribution in [2.24, 2.45) is 0 Å². The van der Waals surface area contributed by atoms with E-state index in [9.17, 15) is 0 Å². The molecule has 2 aromatic rings. The van der Waals surface area contributed by atoms with Crippen LogP contribution in [0.1, 0.15) is 48.9 Å². The fraction of sp³-hybridized carbons (Fsp3) is 0.533. The minimum atomic E-state index is 0.529. The van der Waals surface area contributed by atoms with Gasteiger partial charge in [0.25, 0.3) is 0 Å². The number of hydrogen-bond acceptors (Lipinski definition) is 3. The van der Waals surface area contributed by atoms with Gasteiger partial charge in [0.15, 0.2) is 0 Å². The number of thiazole rings is 1. The van der Waals surface area contributed by atoms with Crippen LogP contribution in [0, 0.1) is 0 Å². The summed E-state index contributed by atoms with van der Waals surface area (Å²) in [6.45, 7) is 6.26. The van der Waals surface area contributed by atoms with Crippen LogP contribution < -0.4 is 5.32 Å². The summed E-state index contributed by atoms with van der Waals surface area (Å²) >= 11 is 1.77. The average Bonchev–Trinajstić information content (AvgIpc) is 2.91. The zero-order chi connectivity index (χ0) is 13.2. The molecule has 0 atom stereocenters. The molecule has 0 radical (unpaired) electrons. The third-order valence-corrected chi connectivity index (χ3v) is 4.59. The lowest BCUT2D eigenvalue weighted by Gasteiger charge is -2.01. The van der Waals surface area contributed by atoms with Crippen LogP contribution in [0.3, 0.4) is 0 Å². The highest BCUT2D eigenvalue weighted by Gasteiger charge is 2.19. The van der Waals surface area contributed by atoms with E-state index in [2.05, 4.69) is 52.6 Å². The molecule has 1 aliphatic rings. The highest BCUT2D eigenvalue weighted by atomic mass is 32.1. The van der Waals surface area contributed by atoms with E-state index >= 15 is 0 Å². The Balaban J connectivity index is 1.58. The van der Waals surface area contributed by atoms with Gasteiger partial charge in [-0.25, -0.2) is 4.98 Å². The molecule has 4 heteroatoms. The number of nitrogens with one attached hydrogen (secondary N) is 1. The predicted octanol–water partition coefficient (Wildman–Crippen LogP) is 3.37. The van der Waals surface area contributed by atoms with E-state index < -0.39 is 0 Å². The van der Waals surface area contributed by atoms with Gasteiger partial charge in [-0.05, 0) is 24.5 Å². The van der Waals surface area contributed by atoms with Gasteiger partial charge in [-0.2, -0.15) is 0 Å². The lowest BCUT2D eigenvalue weighted by molar-refractivity contribution is 0.684. The summed E-state index contributed by atoms with van der Waals surface area (Å²) in [6.07, 6.45) is 7.07. The van der Waals surface area contributed by atoms with Crippen molar-refractivity contribution in [2.45, 2.75) is 51.7 Å². The molecule has 1 fully saturated rings. The van der Waals surface area contributed by atoms with Crippen molar-refractivity contribution in [2.75, 3.05) is 0 Å². The summed E-state index contributed by atoms with van der Waals surface area (Å²) in [7, 11) is 0. The minimum Gasteiger partial charge on any atom is -0.348 e. The topological polar surface area (TPSA) is 29.9 Å². The molecule has 19 heavy (non-hydrogen) atoms. The van der Waals surface area contributed by atoms with E-state index in [1.807, 2.05) is 0 Å². The van der Waals surface area contributed by atoms with Crippen LogP contribution in [0.25, 0.3) is 0 Å². The Morgan fingerprint density at radius 2 is 2.32 bits per heavy atom. The minimum absolute atomic E-state index is 0.529. The maximum absolute atomic E-state index is 4.68. The zero-order valence-electron chi connectivity index (χ0n) is 11.6. The van der Waals surface area contributed by atoms with Gasteiger partial charge in [-0.15, -0.1) is 11.3 Å². The molecule has 2 aromatic heterocycles. The third-order valence-electron chi connectivity index (χ3n) is 3.39. The lowest BCUT2D eigenvalue weighted by atomic mass is 10.2. The van der Waals surface area contributed by atoms with Gasteiger partial charge in [0, 0.05) is 36.3 Å². The SMILES string of the molecule is CC(C)c1nc(Cn2ccc(CNC3CC3)c2)cs1. The molecule has 3 nitrogen and oxygen atoms in total. The molecule has 0 saturated heterocycles. The number of nitrogens with zero attached hydrogens (tertiary/aromatic N) is 2. The van der Waals surface area contributed by atoms with E-state index in [1.54, 1.807) is 11.3 Å². The first-order valence-electron chi connectivity index (χ1n) is 7.03. The van der Waals surface area contributed by atoms with Crippen LogP contribution in [0.5, 0.6) is 0 Å². The van der Waals surface area contributed by atoms with Crippen LogP contribution >= 0.6 is 11.3 Å². The van der Waals surface area contributed by atoms with E-state index in [0.717, 1.165) is 19.1 Å². The van der Waals surface area contributed by atoms with Crippen LogP contribution in [-0.2, 0) is 13.1 Å². The molecule has 0 aromatic carbocycles. The van der Waals surface area contributed by atoms with Crippen LogP contribution in [0.2, 0.25) is 0 Å². The number of hydrogen-bond donors (Lipinski definition) is 1. The molecule has 0 aliphatic heterocycles. The number of rotatable bonds is 6. The molecule has 0 amide bonds. The van der Waals surface area contributed by atoms with E-state index in [-0.39, 0.29) is 0 Å². The Bertz CT molecular complexity index is 537. The monoisotopic (exact) mass is 275 g/mol. The molecule has 0 spiro atoms. The Labute approximate surface area is 118 Å². The van der Waals surface area contributed by atoms with E-state index in [0.29, 0.717) is 5.92 Å². The standard InChI is InChI=1S/C15H21N3S/c1-11(2)15-17-14(10-19-15)9-18-6-5-12(8-18)7-16-13-3-4-13/h5-6,8,10-11,13,16H,3-4,7,9H2,1-2H3. The van der Waals surface area contributed by atoms with Crippen LogP contribution in [-0.4, -0.2) is 15.6 Å². The highest BCUT2D eigenvalue weighted by molar-refractivity contribution is 7.09. The van der Waals surface area contributed by atoms with Gasteiger partial charge in [-0.1, -0.05) is 13.8 Å². The second-order valence-corrected chi connectivity index (χ2v) is 6.57. The van der Waals surface area contributed by atoms with Crippen molar-refractivity contribution in [3.63, 3.8) is 0 Å².